The van der Waals surface area contributed by atoms with E-state index in [0.717, 1.165) is 38.5 Å². The molecule has 1 aliphatic rings. The smallest absolute Gasteiger partial charge is 0.339 e. The van der Waals surface area contributed by atoms with E-state index in [0.29, 0.717) is 40.9 Å². The first-order chi connectivity index (χ1) is 18.3. The molecule has 1 fully saturated rings. The lowest BCUT2D eigenvalue weighted by molar-refractivity contribution is -0.746. The van der Waals surface area contributed by atoms with Crippen molar-refractivity contribution in [3.8, 4) is 11.5 Å². The molecule has 0 aliphatic carbocycles. The van der Waals surface area contributed by atoms with Gasteiger partial charge in [0.1, 0.15) is 5.82 Å². The van der Waals surface area contributed by atoms with Crippen LogP contribution in [-0.2, 0) is 11.3 Å². The van der Waals surface area contributed by atoms with Crippen LogP contribution in [0.4, 0.5) is 5.82 Å². The maximum atomic E-state index is 12.8. The average molecular weight is 520 g/mol. The number of ether oxygens (including phenoxy) is 1. The maximum Gasteiger partial charge on any atom is 0.339 e. The molecule has 11 nitrogen and oxygen atoms in total. The highest BCUT2D eigenvalue weighted by atomic mass is 16.5. The fourth-order valence-corrected chi connectivity index (χ4v) is 4.79. The first kappa shape index (κ1) is 25.5. The lowest BCUT2D eigenvalue weighted by atomic mass is 10.1. The molecule has 38 heavy (non-hydrogen) atoms. The van der Waals surface area contributed by atoms with Crippen LogP contribution < -0.4 is 15.0 Å². The van der Waals surface area contributed by atoms with Gasteiger partial charge in [0.05, 0.1) is 18.7 Å². The van der Waals surface area contributed by atoms with Crippen LogP contribution in [-0.4, -0.2) is 70.1 Å². The minimum absolute atomic E-state index is 0.0171. The minimum Gasteiger partial charge on any atom is -0.870 e. The Kier molecular flexibility index (Phi) is 7.19. The van der Waals surface area contributed by atoms with Gasteiger partial charge in [-0.15, -0.1) is 4.68 Å². The van der Waals surface area contributed by atoms with Crippen molar-refractivity contribution in [2.75, 3.05) is 44.2 Å². The number of piperazine rings is 1. The van der Waals surface area contributed by atoms with Gasteiger partial charge < -0.3 is 25.1 Å². The number of esters is 1. The van der Waals surface area contributed by atoms with Crippen molar-refractivity contribution in [2.45, 2.75) is 26.8 Å². The van der Waals surface area contributed by atoms with Crippen molar-refractivity contribution in [3.63, 3.8) is 0 Å². The molecule has 0 amide bonds. The molecule has 0 bridgehead atoms. The molecule has 11 heteroatoms. The number of hydrogen-bond acceptors (Lipinski definition) is 9. The van der Waals surface area contributed by atoms with E-state index >= 15 is 0 Å². The highest BCUT2D eigenvalue weighted by molar-refractivity contribution is 6.07. The van der Waals surface area contributed by atoms with Gasteiger partial charge in [-0.2, -0.15) is 0 Å². The number of pyridine rings is 1. The fraction of sp³-hybridized carbons (Fsp3) is 0.407. The summed E-state index contributed by atoms with van der Waals surface area (Å²) >= 11 is 0. The predicted octanol–water partition coefficient (Wildman–Crippen LogP) is 2.02. The number of anilines is 1. The summed E-state index contributed by atoms with van der Waals surface area (Å²) < 4.78 is 6.59. The Balaban J connectivity index is 1.17. The summed E-state index contributed by atoms with van der Waals surface area (Å²) in [5.41, 5.74) is 0.603. The molecule has 3 heterocycles. The zero-order valence-electron chi connectivity index (χ0n) is 21.5. The molecule has 2 aromatic heterocycles. The first-order valence-electron chi connectivity index (χ1n) is 12.8. The van der Waals surface area contributed by atoms with Crippen molar-refractivity contribution in [1.82, 2.24) is 19.7 Å². The standard InChI is InChI=1S/C27H32N6O5/c1-18(2)17-38-27(36)19-8-9-22(28-16-19)31-14-12-30(13-15-31)10-5-11-32-24-23(29-33(32)37)25(34)20-6-3-4-7-21(20)26(24)35/h3-4,6-9,16,18,34-35H,5,10-15,17H2,1-2H3/p-1. The second-order valence-corrected chi connectivity index (χ2v) is 9.98. The van der Waals surface area contributed by atoms with Crippen LogP contribution in [0, 0.1) is 11.1 Å². The third-order valence-electron chi connectivity index (χ3n) is 6.81. The van der Waals surface area contributed by atoms with E-state index in [1.165, 1.54) is 4.68 Å². The Morgan fingerprint density at radius 1 is 1.11 bits per heavy atom. The molecule has 0 saturated carbocycles. The van der Waals surface area contributed by atoms with Gasteiger partial charge in [0.2, 0.25) is 0 Å². The normalized spacial score (nSPS) is 14.6. The van der Waals surface area contributed by atoms with Gasteiger partial charge in [-0.05, 0) is 29.9 Å². The van der Waals surface area contributed by atoms with Gasteiger partial charge in [0.15, 0.2) is 16.8 Å². The Hall–Kier alpha value is -4.12. The molecule has 1 saturated heterocycles. The topological polar surface area (TPSA) is 134 Å². The van der Waals surface area contributed by atoms with E-state index in [-0.39, 0.29) is 34.4 Å². The number of fused-ring (bicyclic) bond motifs is 2. The number of phenolic OH excluding ortho intramolecular Hbond substituents is 1. The molecular weight excluding hydrogens is 488 g/mol. The zero-order chi connectivity index (χ0) is 26.8. The third kappa shape index (κ3) is 5.01. The number of rotatable bonds is 8. The molecule has 4 aromatic rings. The van der Waals surface area contributed by atoms with Crippen LogP contribution in [0.2, 0.25) is 0 Å². The second kappa shape index (κ2) is 10.7. The molecule has 0 unspecified atom stereocenters. The van der Waals surface area contributed by atoms with Crippen LogP contribution in [0.3, 0.4) is 0 Å². The summed E-state index contributed by atoms with van der Waals surface area (Å²) in [5, 5.41) is 40.7. The zero-order valence-corrected chi connectivity index (χ0v) is 21.5. The molecule has 0 spiro atoms. The number of aromatic hydroxyl groups is 1. The molecular formula is C27H31N6O5-. The molecule has 5 rings (SSSR count). The quantitative estimate of drug-likeness (QED) is 0.211. The summed E-state index contributed by atoms with van der Waals surface area (Å²) in [6.07, 6.45) is 2.21. The Labute approximate surface area is 220 Å². The lowest BCUT2D eigenvalue weighted by Gasteiger charge is -2.35. The van der Waals surface area contributed by atoms with Crippen LogP contribution >= 0.6 is 0 Å². The Morgan fingerprint density at radius 3 is 2.53 bits per heavy atom. The summed E-state index contributed by atoms with van der Waals surface area (Å²) in [7, 11) is 0. The molecule has 200 valence electrons. The van der Waals surface area contributed by atoms with Gasteiger partial charge in [0, 0.05) is 54.4 Å². The number of nitrogens with zero attached hydrogens (tertiary/aromatic N) is 6. The van der Waals surface area contributed by atoms with Gasteiger partial charge >= 0.3 is 5.97 Å². The number of carbonyl (C=O) groups is 1. The number of aryl methyl sites for hydroxylation is 1. The van der Waals surface area contributed by atoms with Crippen molar-refractivity contribution in [2.24, 2.45) is 5.92 Å². The van der Waals surface area contributed by atoms with E-state index in [4.69, 9.17) is 4.74 Å². The highest BCUT2D eigenvalue weighted by Gasteiger charge is 2.23. The van der Waals surface area contributed by atoms with E-state index < -0.39 is 0 Å². The molecule has 0 radical (unpaired) electrons. The summed E-state index contributed by atoms with van der Waals surface area (Å²) in [6.45, 7) is 8.64. The predicted molar refractivity (Wildman–Crippen MR) is 140 cm³/mol. The van der Waals surface area contributed by atoms with E-state index in [2.05, 4.69) is 19.9 Å². The van der Waals surface area contributed by atoms with Gasteiger partial charge in [-0.25, -0.2) is 9.78 Å². The highest BCUT2D eigenvalue weighted by Crippen LogP contribution is 2.38. The monoisotopic (exact) mass is 519 g/mol. The summed E-state index contributed by atoms with van der Waals surface area (Å²) in [5.74, 6) is 0.278. The number of phenols is 1. The number of hydrogen-bond donors (Lipinski definition) is 1. The molecule has 1 N–H and O–H groups in total. The van der Waals surface area contributed by atoms with Crippen molar-refractivity contribution >= 4 is 33.6 Å². The fourth-order valence-electron chi connectivity index (χ4n) is 4.79. The van der Waals surface area contributed by atoms with Crippen LogP contribution in [0.25, 0.3) is 21.8 Å². The second-order valence-electron chi connectivity index (χ2n) is 9.98. The largest absolute Gasteiger partial charge is 0.870 e. The van der Waals surface area contributed by atoms with Crippen LogP contribution in [0.15, 0.2) is 42.6 Å². The SMILES string of the molecule is CC(C)COC(=O)c1ccc(N2CCN(CCCn3c4c(O)c5ccccc5c([O-])c4n[n+]3[O-])CC2)nc1. The number of carbonyl (C=O) groups excluding carboxylic acids is 1. The average Bonchev–Trinajstić information content (AvgIpc) is 3.27. The van der Waals surface area contributed by atoms with E-state index in [1.807, 2.05) is 19.9 Å². The van der Waals surface area contributed by atoms with Gasteiger partial charge in [0.25, 0.3) is 0 Å². The van der Waals surface area contributed by atoms with Gasteiger partial charge in [-0.3, -0.25) is 4.90 Å². The van der Waals surface area contributed by atoms with Gasteiger partial charge in [-0.1, -0.05) is 43.9 Å². The van der Waals surface area contributed by atoms with E-state index in [9.17, 15) is 20.2 Å². The Morgan fingerprint density at radius 2 is 1.84 bits per heavy atom. The van der Waals surface area contributed by atoms with Crippen molar-refractivity contribution in [3.05, 3.63) is 53.4 Å². The number of benzene rings is 2. The van der Waals surface area contributed by atoms with Crippen molar-refractivity contribution < 1.29 is 24.7 Å². The summed E-state index contributed by atoms with van der Waals surface area (Å²) in [4.78, 5) is 21.4. The van der Waals surface area contributed by atoms with Crippen molar-refractivity contribution in [1.29, 1.82) is 0 Å². The molecule has 1 aliphatic heterocycles. The molecule has 0 atom stereocenters. The maximum absolute atomic E-state index is 12.8. The summed E-state index contributed by atoms with van der Waals surface area (Å²) in [6, 6.07) is 10.3. The lowest BCUT2D eigenvalue weighted by Crippen LogP contribution is -2.47. The molecule has 2 aromatic carbocycles. The minimum atomic E-state index is -0.361. The van der Waals surface area contributed by atoms with E-state index in [1.54, 1.807) is 36.5 Å². The first-order valence-corrected chi connectivity index (χ1v) is 12.8. The van der Waals surface area contributed by atoms with Crippen LogP contribution in [0.1, 0.15) is 30.6 Å². The van der Waals surface area contributed by atoms with Crippen LogP contribution in [0.5, 0.6) is 11.5 Å². The number of aromatic nitrogens is 4. The third-order valence-corrected chi connectivity index (χ3v) is 6.81. The Bertz CT molecular complexity index is 1440.